The van der Waals surface area contributed by atoms with E-state index in [0.29, 0.717) is 12.8 Å². The third kappa shape index (κ3) is 6.56. The number of thioether (sulfide) groups is 2. The zero-order chi connectivity index (χ0) is 14.1. The maximum atomic E-state index is 11.1. The quantitative estimate of drug-likeness (QED) is 0.695. The predicted molar refractivity (Wildman–Crippen MR) is 79.6 cm³/mol. The number of carboxylic acid groups (broad SMARTS) is 1. The molecule has 0 bridgehead atoms. The minimum absolute atomic E-state index is 0.113. The molecule has 0 aromatic carbocycles. The molecule has 0 aromatic heterocycles. The lowest BCUT2D eigenvalue weighted by Gasteiger charge is -2.36. The fourth-order valence-corrected chi connectivity index (χ4v) is 5.64. The Morgan fingerprint density at radius 1 is 1.16 bits per heavy atom. The molecule has 1 aliphatic heterocycles. The van der Waals surface area contributed by atoms with Gasteiger partial charge < -0.3 is 9.84 Å². The van der Waals surface area contributed by atoms with Gasteiger partial charge in [0, 0.05) is 12.8 Å². The van der Waals surface area contributed by atoms with E-state index >= 15 is 0 Å². The van der Waals surface area contributed by atoms with E-state index in [0.717, 1.165) is 30.8 Å². The minimum atomic E-state index is -0.726. The maximum Gasteiger partial charge on any atom is 0.305 e. The van der Waals surface area contributed by atoms with Crippen molar-refractivity contribution in [1.82, 2.24) is 0 Å². The number of hydrogen-bond acceptors (Lipinski definition) is 5. The van der Waals surface area contributed by atoms with Crippen molar-refractivity contribution in [2.45, 2.75) is 49.0 Å². The fraction of sp³-hybridized carbons (Fsp3) is 0.846. The van der Waals surface area contributed by atoms with Crippen LogP contribution in [0.15, 0.2) is 0 Å². The number of ether oxygens (including phenoxy) is 1. The maximum absolute atomic E-state index is 11.1. The summed E-state index contributed by atoms with van der Waals surface area (Å²) in [6, 6.07) is 0. The molecule has 1 heterocycles. The van der Waals surface area contributed by atoms with Gasteiger partial charge in [0.15, 0.2) is 0 Å². The molecule has 1 saturated heterocycles. The van der Waals surface area contributed by atoms with Gasteiger partial charge in [0.1, 0.15) is 0 Å². The van der Waals surface area contributed by atoms with Crippen LogP contribution in [0.1, 0.15) is 44.9 Å². The van der Waals surface area contributed by atoms with Gasteiger partial charge in [-0.1, -0.05) is 0 Å². The summed E-state index contributed by atoms with van der Waals surface area (Å²) in [6.45, 7) is 0. The average molecular weight is 306 g/mol. The molecule has 6 heteroatoms. The second kappa shape index (κ2) is 8.74. The van der Waals surface area contributed by atoms with Crippen LogP contribution in [0, 0.1) is 0 Å². The summed E-state index contributed by atoms with van der Waals surface area (Å²) in [7, 11) is 1.41. The molecule has 0 amide bonds. The van der Waals surface area contributed by atoms with Gasteiger partial charge in [-0.2, -0.15) is 0 Å². The van der Waals surface area contributed by atoms with Crippen molar-refractivity contribution >= 4 is 35.5 Å². The van der Waals surface area contributed by atoms with Crippen LogP contribution in [0.5, 0.6) is 0 Å². The van der Waals surface area contributed by atoms with E-state index in [1.165, 1.54) is 13.5 Å². The van der Waals surface area contributed by atoms with E-state index in [2.05, 4.69) is 4.74 Å². The molecule has 0 aromatic rings. The smallest absolute Gasteiger partial charge is 0.305 e. The van der Waals surface area contributed by atoms with Crippen LogP contribution < -0.4 is 0 Å². The molecular formula is C13H22O4S2. The van der Waals surface area contributed by atoms with Crippen molar-refractivity contribution < 1.29 is 19.4 Å². The first-order chi connectivity index (χ1) is 9.08. The van der Waals surface area contributed by atoms with Gasteiger partial charge >= 0.3 is 11.9 Å². The minimum Gasteiger partial charge on any atom is -0.481 e. The van der Waals surface area contributed by atoms with Crippen molar-refractivity contribution in [3.05, 3.63) is 0 Å². The Hall–Kier alpha value is -0.360. The zero-order valence-corrected chi connectivity index (χ0v) is 13.0. The predicted octanol–water partition coefficient (Wildman–Crippen LogP) is 3.15. The highest BCUT2D eigenvalue weighted by atomic mass is 32.2. The van der Waals surface area contributed by atoms with E-state index in [4.69, 9.17) is 5.11 Å². The first-order valence-corrected chi connectivity index (χ1v) is 8.62. The average Bonchev–Trinajstić information content (AvgIpc) is 2.39. The number of rotatable bonds is 8. The second-order valence-corrected chi connectivity index (χ2v) is 7.85. The van der Waals surface area contributed by atoms with E-state index in [-0.39, 0.29) is 16.5 Å². The van der Waals surface area contributed by atoms with Gasteiger partial charge in [0.25, 0.3) is 0 Å². The van der Waals surface area contributed by atoms with E-state index < -0.39 is 5.97 Å². The number of methoxy groups -OCH3 is 1. The summed E-state index contributed by atoms with van der Waals surface area (Å²) >= 11 is 3.88. The summed E-state index contributed by atoms with van der Waals surface area (Å²) in [5.74, 6) is 1.39. The summed E-state index contributed by atoms with van der Waals surface area (Å²) in [5.41, 5.74) is 0. The normalized spacial score (nSPS) is 17.9. The molecule has 19 heavy (non-hydrogen) atoms. The van der Waals surface area contributed by atoms with E-state index in [1.54, 1.807) is 0 Å². The fourth-order valence-electron chi connectivity index (χ4n) is 2.14. The number of carbonyl (C=O) groups is 2. The van der Waals surface area contributed by atoms with Crippen LogP contribution in [0.2, 0.25) is 0 Å². The van der Waals surface area contributed by atoms with Gasteiger partial charge in [-0.15, -0.1) is 23.5 Å². The van der Waals surface area contributed by atoms with Gasteiger partial charge in [-0.3, -0.25) is 9.59 Å². The molecule has 0 aliphatic carbocycles. The summed E-state index contributed by atoms with van der Waals surface area (Å²) in [5, 5.41) is 8.73. The van der Waals surface area contributed by atoms with Crippen molar-refractivity contribution in [2.75, 3.05) is 18.6 Å². The van der Waals surface area contributed by atoms with Gasteiger partial charge in [-0.25, -0.2) is 0 Å². The SMILES string of the molecule is COC(=O)CCCC1(CCCC(=O)O)SCCCS1. The Labute approximate surface area is 123 Å². The molecule has 1 N–H and O–H groups in total. The van der Waals surface area contributed by atoms with E-state index in [9.17, 15) is 9.59 Å². The summed E-state index contributed by atoms with van der Waals surface area (Å²) in [4.78, 5) is 21.8. The molecule has 110 valence electrons. The lowest BCUT2D eigenvalue weighted by Crippen LogP contribution is -2.25. The highest BCUT2D eigenvalue weighted by molar-refractivity contribution is 8.18. The lowest BCUT2D eigenvalue weighted by atomic mass is 10.1. The molecule has 0 spiro atoms. The Morgan fingerprint density at radius 3 is 2.26 bits per heavy atom. The van der Waals surface area contributed by atoms with Gasteiger partial charge in [0.2, 0.25) is 0 Å². The largest absolute Gasteiger partial charge is 0.481 e. The van der Waals surface area contributed by atoms with Gasteiger partial charge in [0.05, 0.1) is 11.2 Å². The highest BCUT2D eigenvalue weighted by Crippen LogP contribution is 2.49. The van der Waals surface area contributed by atoms with Crippen molar-refractivity contribution in [1.29, 1.82) is 0 Å². The number of esters is 1. The van der Waals surface area contributed by atoms with Crippen LogP contribution in [0.4, 0.5) is 0 Å². The van der Waals surface area contributed by atoms with E-state index in [1.807, 2.05) is 23.5 Å². The van der Waals surface area contributed by atoms with Crippen LogP contribution in [0.25, 0.3) is 0 Å². The standard InChI is InChI=1S/C13H22O4S2/c1-17-12(16)6-3-8-13(7-2-5-11(14)15)18-9-4-10-19-13/h2-10H2,1H3,(H,14,15). The molecule has 1 fully saturated rings. The number of hydrogen-bond donors (Lipinski definition) is 1. The Balaban J connectivity index is 2.40. The molecule has 4 nitrogen and oxygen atoms in total. The number of carbonyl (C=O) groups excluding carboxylic acids is 1. The molecule has 1 rings (SSSR count). The second-order valence-electron chi connectivity index (χ2n) is 4.64. The molecule has 0 unspecified atom stereocenters. The monoisotopic (exact) mass is 306 g/mol. The first-order valence-electron chi connectivity index (χ1n) is 6.64. The van der Waals surface area contributed by atoms with Crippen LogP contribution in [0.3, 0.4) is 0 Å². The topological polar surface area (TPSA) is 63.6 Å². The number of aliphatic carboxylic acids is 1. The van der Waals surface area contributed by atoms with Crippen molar-refractivity contribution in [3.63, 3.8) is 0 Å². The summed E-state index contributed by atoms with van der Waals surface area (Å²) < 4.78 is 4.77. The Bertz CT molecular complexity index is 301. The third-order valence-electron chi connectivity index (χ3n) is 3.13. The molecule has 1 aliphatic rings. The lowest BCUT2D eigenvalue weighted by molar-refractivity contribution is -0.140. The molecule has 0 saturated carbocycles. The number of carboxylic acids is 1. The third-order valence-corrected chi connectivity index (χ3v) is 6.69. The highest BCUT2D eigenvalue weighted by Gasteiger charge is 2.33. The van der Waals surface area contributed by atoms with Crippen molar-refractivity contribution in [2.24, 2.45) is 0 Å². The summed E-state index contributed by atoms with van der Waals surface area (Å²) in [6.07, 6.45) is 5.31. The van der Waals surface area contributed by atoms with Gasteiger partial charge in [-0.05, 0) is 43.6 Å². The molecular weight excluding hydrogens is 284 g/mol. The Kier molecular flexibility index (Phi) is 7.68. The molecule has 0 atom stereocenters. The first kappa shape index (κ1) is 16.7. The van der Waals surface area contributed by atoms with Crippen LogP contribution in [-0.4, -0.2) is 39.7 Å². The van der Waals surface area contributed by atoms with Crippen molar-refractivity contribution in [3.8, 4) is 0 Å². The van der Waals surface area contributed by atoms with Crippen LogP contribution >= 0.6 is 23.5 Å². The zero-order valence-electron chi connectivity index (χ0n) is 11.4. The van der Waals surface area contributed by atoms with Crippen LogP contribution in [-0.2, 0) is 14.3 Å². The Morgan fingerprint density at radius 2 is 1.74 bits per heavy atom. The molecule has 0 radical (unpaired) electrons.